The van der Waals surface area contributed by atoms with Crippen molar-refractivity contribution >= 4 is 35.3 Å². The SMILES string of the molecule is O=C(O)CCCCCCC(=O)N1C(c2cccc([N+](=O)[O-])c2)SC[C@H]1C(=O)O. The van der Waals surface area contributed by atoms with E-state index in [1.54, 1.807) is 6.07 Å². The quantitative estimate of drug-likeness (QED) is 0.341. The average Bonchev–Trinajstić information content (AvgIpc) is 3.09. The molecule has 1 saturated heterocycles. The fraction of sp³-hybridized carbons (Fsp3) is 0.500. The van der Waals surface area contributed by atoms with Gasteiger partial charge in [0.15, 0.2) is 0 Å². The second kappa shape index (κ2) is 10.1. The third-order valence-electron chi connectivity index (χ3n) is 4.47. The highest BCUT2D eigenvalue weighted by molar-refractivity contribution is 7.99. The number of carboxylic acids is 2. The van der Waals surface area contributed by atoms with Gasteiger partial charge >= 0.3 is 11.9 Å². The summed E-state index contributed by atoms with van der Waals surface area (Å²) in [4.78, 5) is 46.6. The third-order valence-corrected chi connectivity index (χ3v) is 5.79. The number of nitrogens with zero attached hydrogens (tertiary/aromatic N) is 2. The molecule has 0 aromatic heterocycles. The number of rotatable bonds is 10. The normalized spacial score (nSPS) is 18.8. The molecule has 1 aromatic carbocycles. The van der Waals surface area contributed by atoms with E-state index in [1.165, 1.54) is 34.9 Å². The first-order valence-electron chi connectivity index (χ1n) is 8.93. The van der Waals surface area contributed by atoms with Crippen molar-refractivity contribution in [1.29, 1.82) is 0 Å². The van der Waals surface area contributed by atoms with Crippen LogP contribution in [0.4, 0.5) is 5.69 Å². The van der Waals surface area contributed by atoms with Crippen LogP contribution in [0, 0.1) is 10.1 Å². The number of non-ortho nitro benzene ring substituents is 1. The predicted octanol–water partition coefficient (Wildman–Crippen LogP) is 3.05. The topological polar surface area (TPSA) is 138 Å². The molecule has 1 aliphatic rings. The molecule has 0 saturated carbocycles. The third kappa shape index (κ3) is 5.69. The molecule has 2 N–H and O–H groups in total. The van der Waals surface area contributed by atoms with Crippen LogP contribution < -0.4 is 0 Å². The fourth-order valence-corrected chi connectivity index (χ4v) is 4.52. The minimum atomic E-state index is -1.10. The summed E-state index contributed by atoms with van der Waals surface area (Å²) in [5.74, 6) is -2.05. The Morgan fingerprint density at radius 1 is 1.14 bits per heavy atom. The zero-order chi connectivity index (χ0) is 20.7. The van der Waals surface area contributed by atoms with Crippen LogP contribution in [0.15, 0.2) is 24.3 Å². The zero-order valence-corrected chi connectivity index (χ0v) is 16.0. The van der Waals surface area contributed by atoms with Crippen molar-refractivity contribution in [3.63, 3.8) is 0 Å². The fourth-order valence-electron chi connectivity index (χ4n) is 3.09. The number of nitro benzene ring substituents is 1. The molecule has 2 atom stereocenters. The molecule has 0 bridgehead atoms. The van der Waals surface area contributed by atoms with Crippen molar-refractivity contribution in [2.75, 3.05) is 5.75 Å². The summed E-state index contributed by atoms with van der Waals surface area (Å²) in [6, 6.07) is 4.91. The number of carbonyl (C=O) groups excluding carboxylic acids is 1. The molecule has 1 amide bonds. The summed E-state index contributed by atoms with van der Waals surface area (Å²) in [5.41, 5.74) is 0.417. The Balaban J connectivity index is 2.04. The lowest BCUT2D eigenvalue weighted by Gasteiger charge is -2.27. The number of carbonyl (C=O) groups is 3. The van der Waals surface area contributed by atoms with Crippen molar-refractivity contribution in [2.24, 2.45) is 0 Å². The molecule has 1 unspecified atom stereocenters. The van der Waals surface area contributed by atoms with E-state index in [0.717, 1.165) is 0 Å². The average molecular weight is 410 g/mol. The monoisotopic (exact) mass is 410 g/mol. The molecule has 1 aromatic rings. The molecular weight excluding hydrogens is 388 g/mol. The van der Waals surface area contributed by atoms with E-state index < -0.39 is 28.3 Å². The smallest absolute Gasteiger partial charge is 0.327 e. The number of nitro groups is 1. The Morgan fingerprint density at radius 3 is 2.43 bits per heavy atom. The van der Waals surface area contributed by atoms with Gasteiger partial charge < -0.3 is 15.1 Å². The number of carboxylic acid groups (broad SMARTS) is 2. The first-order valence-corrected chi connectivity index (χ1v) is 9.98. The highest BCUT2D eigenvalue weighted by Gasteiger charge is 2.42. The summed E-state index contributed by atoms with van der Waals surface area (Å²) >= 11 is 1.28. The van der Waals surface area contributed by atoms with E-state index in [0.29, 0.717) is 31.2 Å². The highest BCUT2D eigenvalue weighted by atomic mass is 32.2. The minimum Gasteiger partial charge on any atom is -0.481 e. The van der Waals surface area contributed by atoms with Gasteiger partial charge in [0.1, 0.15) is 11.4 Å². The molecular formula is C18H22N2O7S. The van der Waals surface area contributed by atoms with Crippen molar-refractivity contribution in [3.05, 3.63) is 39.9 Å². The van der Waals surface area contributed by atoms with Crippen molar-refractivity contribution in [1.82, 2.24) is 4.90 Å². The molecule has 0 aliphatic carbocycles. The van der Waals surface area contributed by atoms with Crippen LogP contribution in [0.1, 0.15) is 49.5 Å². The highest BCUT2D eigenvalue weighted by Crippen LogP contribution is 2.42. The molecule has 9 nitrogen and oxygen atoms in total. The van der Waals surface area contributed by atoms with Crippen molar-refractivity contribution in [2.45, 2.75) is 49.9 Å². The number of hydrogen-bond donors (Lipinski definition) is 2. The number of thioether (sulfide) groups is 1. The number of benzene rings is 1. The lowest BCUT2D eigenvalue weighted by atomic mass is 10.1. The molecule has 1 aliphatic heterocycles. The van der Waals surface area contributed by atoms with Gasteiger partial charge in [-0.2, -0.15) is 0 Å². The first kappa shape index (κ1) is 21.7. The van der Waals surface area contributed by atoms with Crippen LogP contribution in [-0.2, 0) is 14.4 Å². The van der Waals surface area contributed by atoms with E-state index in [-0.39, 0.29) is 30.2 Å². The summed E-state index contributed by atoms with van der Waals surface area (Å²) in [6.07, 6.45) is 2.68. The second-order valence-electron chi connectivity index (χ2n) is 6.50. The van der Waals surface area contributed by atoms with Crippen LogP contribution >= 0.6 is 11.8 Å². The Morgan fingerprint density at radius 2 is 1.82 bits per heavy atom. The van der Waals surface area contributed by atoms with Gasteiger partial charge in [-0.1, -0.05) is 25.0 Å². The van der Waals surface area contributed by atoms with Crippen molar-refractivity contribution in [3.8, 4) is 0 Å². The van der Waals surface area contributed by atoms with Gasteiger partial charge in [0.25, 0.3) is 5.69 Å². The van der Waals surface area contributed by atoms with Gasteiger partial charge in [-0.25, -0.2) is 4.79 Å². The molecule has 152 valence electrons. The number of unbranched alkanes of at least 4 members (excludes halogenated alkanes) is 3. The maximum absolute atomic E-state index is 12.7. The van der Waals surface area contributed by atoms with Gasteiger partial charge in [-0.05, 0) is 18.4 Å². The van der Waals surface area contributed by atoms with Crippen LogP contribution in [0.2, 0.25) is 0 Å². The van der Waals surface area contributed by atoms with Gasteiger partial charge in [0.2, 0.25) is 5.91 Å². The zero-order valence-electron chi connectivity index (χ0n) is 15.2. The number of aliphatic carboxylic acids is 2. The van der Waals surface area contributed by atoms with Gasteiger partial charge in [-0.15, -0.1) is 11.8 Å². The second-order valence-corrected chi connectivity index (χ2v) is 7.61. The summed E-state index contributed by atoms with van der Waals surface area (Å²) in [6.45, 7) is 0. The maximum atomic E-state index is 12.7. The molecule has 10 heteroatoms. The van der Waals surface area contributed by atoms with Gasteiger partial charge in [-0.3, -0.25) is 19.7 Å². The lowest BCUT2D eigenvalue weighted by Crippen LogP contribution is -2.42. The van der Waals surface area contributed by atoms with Crippen LogP contribution in [0.3, 0.4) is 0 Å². The molecule has 0 spiro atoms. The molecule has 0 radical (unpaired) electrons. The Kier molecular flexibility index (Phi) is 7.80. The largest absolute Gasteiger partial charge is 0.481 e. The van der Waals surface area contributed by atoms with Crippen LogP contribution in [-0.4, -0.2) is 49.7 Å². The standard InChI is InChI=1S/C18H22N2O7S/c21-15(8-3-1-2-4-9-16(22)23)19-14(18(24)25)11-28-17(19)12-6-5-7-13(10-12)20(26)27/h5-7,10,14,17H,1-4,8-9,11H2,(H,22,23)(H,24,25)/t14-,17?/m0/s1. The molecule has 1 fully saturated rings. The van der Waals surface area contributed by atoms with Crippen LogP contribution in [0.5, 0.6) is 0 Å². The number of hydrogen-bond acceptors (Lipinski definition) is 6. The van der Waals surface area contributed by atoms with Crippen molar-refractivity contribution < 1.29 is 29.5 Å². The summed E-state index contributed by atoms with van der Waals surface area (Å²) in [5, 5.41) is 28.5. The van der Waals surface area contributed by atoms with E-state index >= 15 is 0 Å². The lowest BCUT2D eigenvalue weighted by molar-refractivity contribution is -0.384. The number of amides is 1. The summed E-state index contributed by atoms with van der Waals surface area (Å²) < 4.78 is 0. The van der Waals surface area contributed by atoms with Crippen LogP contribution in [0.25, 0.3) is 0 Å². The van der Waals surface area contributed by atoms with E-state index in [1.807, 2.05) is 0 Å². The van der Waals surface area contributed by atoms with E-state index in [4.69, 9.17) is 5.11 Å². The Labute approximate surface area is 165 Å². The summed E-state index contributed by atoms with van der Waals surface area (Å²) in [7, 11) is 0. The van der Waals surface area contributed by atoms with E-state index in [2.05, 4.69) is 0 Å². The minimum absolute atomic E-state index is 0.0899. The molecule has 28 heavy (non-hydrogen) atoms. The molecule has 1 heterocycles. The van der Waals surface area contributed by atoms with Gasteiger partial charge in [0.05, 0.1) is 4.92 Å². The Bertz CT molecular complexity index is 755. The van der Waals surface area contributed by atoms with E-state index in [9.17, 15) is 29.6 Å². The first-order chi connectivity index (χ1) is 13.3. The molecule has 2 rings (SSSR count). The Hall–Kier alpha value is -2.62. The maximum Gasteiger partial charge on any atom is 0.327 e. The van der Waals surface area contributed by atoms with Gasteiger partial charge in [0, 0.05) is 30.7 Å². The predicted molar refractivity (Wildman–Crippen MR) is 102 cm³/mol.